The van der Waals surface area contributed by atoms with Crippen LogP contribution in [0.5, 0.6) is 0 Å². The Labute approximate surface area is 63.7 Å². The summed E-state index contributed by atoms with van der Waals surface area (Å²) >= 11 is 6.44. The van der Waals surface area contributed by atoms with Crippen LogP contribution >= 0.6 is 17.2 Å². The Balaban J connectivity index is 4.30. The van der Waals surface area contributed by atoms with Gasteiger partial charge in [0, 0.05) is 0 Å². The van der Waals surface area contributed by atoms with Crippen molar-refractivity contribution in [2.24, 2.45) is 0 Å². The first kappa shape index (κ1) is 9.72. The molecule has 0 fully saturated rings. The number of halogens is 1. The summed E-state index contributed by atoms with van der Waals surface area (Å²) in [5, 5.41) is 0. The standard InChI is InChI=1S/C7H18ClP/c1-6-9(4,5,8)7(2)3/h7H,6H2,1-5H3. The molecule has 9 heavy (non-hydrogen) atoms. The fourth-order valence-corrected chi connectivity index (χ4v) is 1.10. The summed E-state index contributed by atoms with van der Waals surface area (Å²) in [6, 6.07) is 0. The van der Waals surface area contributed by atoms with E-state index in [4.69, 9.17) is 11.2 Å². The van der Waals surface area contributed by atoms with Crippen molar-refractivity contribution in [1.82, 2.24) is 0 Å². The molecule has 0 rings (SSSR count). The van der Waals surface area contributed by atoms with E-state index in [2.05, 4.69) is 34.1 Å². The van der Waals surface area contributed by atoms with Crippen molar-refractivity contribution >= 4 is 17.2 Å². The van der Waals surface area contributed by atoms with Crippen LogP contribution in [0, 0.1) is 0 Å². The third kappa shape index (κ3) is 2.43. The van der Waals surface area contributed by atoms with Gasteiger partial charge in [-0.2, -0.15) is 0 Å². The maximum atomic E-state index is 6.44. The summed E-state index contributed by atoms with van der Waals surface area (Å²) < 4.78 is 0. The summed E-state index contributed by atoms with van der Waals surface area (Å²) in [6.07, 6.45) is 1.14. The summed E-state index contributed by atoms with van der Waals surface area (Å²) in [5.41, 5.74) is 0.655. The minimum atomic E-state index is -1.74. The van der Waals surface area contributed by atoms with E-state index in [9.17, 15) is 0 Å². The SMILES string of the molecule is CCP(C)(C)(Cl)C(C)C. The molecule has 0 aromatic rings. The van der Waals surface area contributed by atoms with Crippen LogP contribution in [0.25, 0.3) is 0 Å². The number of hydrogen-bond donors (Lipinski definition) is 0. The van der Waals surface area contributed by atoms with Crippen LogP contribution in [0.2, 0.25) is 0 Å². The maximum absolute atomic E-state index is 6.44. The predicted octanol–water partition coefficient (Wildman–Crippen LogP) is 3.38. The molecular formula is C7H18ClP. The Hall–Kier alpha value is 0.720. The van der Waals surface area contributed by atoms with Crippen molar-refractivity contribution in [2.45, 2.75) is 26.4 Å². The van der Waals surface area contributed by atoms with Gasteiger partial charge in [-0.1, -0.05) is 0 Å². The van der Waals surface area contributed by atoms with Crippen molar-refractivity contribution in [3.63, 3.8) is 0 Å². The fourth-order valence-electron chi connectivity index (χ4n) is 0.365. The van der Waals surface area contributed by atoms with Crippen molar-refractivity contribution in [2.75, 3.05) is 19.5 Å². The second-order valence-electron chi connectivity index (χ2n) is 3.74. The zero-order valence-corrected chi connectivity index (χ0v) is 8.76. The second-order valence-corrected chi connectivity index (χ2v) is 13.4. The quantitative estimate of drug-likeness (QED) is 0.555. The molecule has 0 radical (unpaired) electrons. The zero-order chi connectivity index (χ0) is 7.73. The van der Waals surface area contributed by atoms with E-state index < -0.39 is 5.96 Å². The first-order chi connectivity index (χ1) is 3.78. The molecule has 0 saturated carbocycles. The van der Waals surface area contributed by atoms with Crippen molar-refractivity contribution in [3.05, 3.63) is 0 Å². The van der Waals surface area contributed by atoms with Gasteiger partial charge < -0.3 is 0 Å². The molecule has 0 nitrogen and oxygen atoms in total. The van der Waals surface area contributed by atoms with Crippen LogP contribution < -0.4 is 0 Å². The Morgan fingerprint density at radius 2 is 1.67 bits per heavy atom. The van der Waals surface area contributed by atoms with Crippen molar-refractivity contribution < 1.29 is 0 Å². The third-order valence-corrected chi connectivity index (χ3v) is 9.47. The van der Waals surface area contributed by atoms with Gasteiger partial charge in [0.25, 0.3) is 0 Å². The van der Waals surface area contributed by atoms with E-state index >= 15 is 0 Å². The van der Waals surface area contributed by atoms with E-state index in [0.717, 1.165) is 6.16 Å². The average Bonchev–Trinajstić information content (AvgIpc) is 1.66. The fraction of sp³-hybridized carbons (Fsp3) is 1.00. The zero-order valence-electron chi connectivity index (χ0n) is 7.11. The van der Waals surface area contributed by atoms with Crippen LogP contribution in [0.15, 0.2) is 0 Å². The molecular weight excluding hydrogens is 151 g/mol. The summed E-state index contributed by atoms with van der Waals surface area (Å²) in [4.78, 5) is 0. The molecule has 0 atom stereocenters. The van der Waals surface area contributed by atoms with Gasteiger partial charge in [-0.05, 0) is 0 Å². The first-order valence-electron chi connectivity index (χ1n) is 3.50. The van der Waals surface area contributed by atoms with Crippen LogP contribution in [-0.2, 0) is 0 Å². The molecule has 0 aliphatic carbocycles. The van der Waals surface area contributed by atoms with E-state index in [1.807, 2.05) is 0 Å². The Bertz CT molecular complexity index is 99.2. The van der Waals surface area contributed by atoms with Gasteiger partial charge in [0.15, 0.2) is 0 Å². The molecule has 0 heterocycles. The van der Waals surface area contributed by atoms with Crippen molar-refractivity contribution in [3.8, 4) is 0 Å². The third-order valence-electron chi connectivity index (χ3n) is 2.53. The normalized spacial score (nSPS) is 17.4. The van der Waals surface area contributed by atoms with E-state index in [0.29, 0.717) is 5.66 Å². The van der Waals surface area contributed by atoms with Crippen LogP contribution in [-0.4, -0.2) is 25.2 Å². The number of hydrogen-bond acceptors (Lipinski definition) is 0. The van der Waals surface area contributed by atoms with E-state index in [1.54, 1.807) is 0 Å². The average molecular weight is 169 g/mol. The molecule has 0 aromatic carbocycles. The Morgan fingerprint density at radius 1 is 1.33 bits per heavy atom. The summed E-state index contributed by atoms with van der Waals surface area (Å²) in [5.74, 6) is -1.74. The van der Waals surface area contributed by atoms with Gasteiger partial charge in [0.05, 0.1) is 0 Å². The van der Waals surface area contributed by atoms with Gasteiger partial charge in [-0.15, -0.1) is 0 Å². The Morgan fingerprint density at radius 3 is 1.67 bits per heavy atom. The first-order valence-corrected chi connectivity index (χ1v) is 7.79. The minimum absolute atomic E-state index is 0.655. The van der Waals surface area contributed by atoms with Crippen LogP contribution in [0.1, 0.15) is 20.8 Å². The molecule has 58 valence electrons. The molecule has 0 aliphatic heterocycles. The van der Waals surface area contributed by atoms with E-state index in [1.165, 1.54) is 0 Å². The van der Waals surface area contributed by atoms with Crippen LogP contribution in [0.3, 0.4) is 0 Å². The van der Waals surface area contributed by atoms with E-state index in [-0.39, 0.29) is 0 Å². The molecule has 2 heteroatoms. The van der Waals surface area contributed by atoms with Gasteiger partial charge in [0.2, 0.25) is 0 Å². The van der Waals surface area contributed by atoms with Crippen molar-refractivity contribution in [1.29, 1.82) is 0 Å². The van der Waals surface area contributed by atoms with Crippen LogP contribution in [0.4, 0.5) is 0 Å². The monoisotopic (exact) mass is 168 g/mol. The topological polar surface area (TPSA) is 0 Å². The second kappa shape index (κ2) is 2.40. The number of rotatable bonds is 2. The predicted molar refractivity (Wildman–Crippen MR) is 50.3 cm³/mol. The molecule has 0 aromatic heterocycles. The summed E-state index contributed by atoms with van der Waals surface area (Å²) in [7, 11) is 0. The Kier molecular flexibility index (Phi) is 2.59. The van der Waals surface area contributed by atoms with Gasteiger partial charge in [0.1, 0.15) is 0 Å². The molecule has 0 bridgehead atoms. The van der Waals surface area contributed by atoms with Gasteiger partial charge >= 0.3 is 63.1 Å². The molecule has 0 amide bonds. The summed E-state index contributed by atoms with van der Waals surface area (Å²) in [6.45, 7) is 11.1. The molecule has 0 spiro atoms. The molecule has 0 N–H and O–H groups in total. The molecule has 0 aliphatic rings. The van der Waals surface area contributed by atoms with Gasteiger partial charge in [-0.3, -0.25) is 0 Å². The molecule has 0 saturated heterocycles. The molecule has 0 unspecified atom stereocenters. The van der Waals surface area contributed by atoms with Gasteiger partial charge in [-0.25, -0.2) is 0 Å².